The number of carbonyl (C=O) groups is 2. The Morgan fingerprint density at radius 1 is 0.844 bits per heavy atom. The van der Waals surface area contributed by atoms with E-state index in [-0.39, 0.29) is 11.6 Å². The van der Waals surface area contributed by atoms with E-state index in [0.29, 0.717) is 30.0 Å². The molecule has 0 amide bonds. The van der Waals surface area contributed by atoms with Gasteiger partial charge in [-0.15, -0.1) is 0 Å². The summed E-state index contributed by atoms with van der Waals surface area (Å²) in [6.07, 6.45) is 0. The number of rotatable bonds is 8. The van der Waals surface area contributed by atoms with Crippen molar-refractivity contribution in [1.29, 1.82) is 0 Å². The van der Waals surface area contributed by atoms with E-state index in [1.807, 2.05) is 66.2 Å². The van der Waals surface area contributed by atoms with Crippen molar-refractivity contribution in [2.45, 2.75) is 26.7 Å². The number of carbonyl (C=O) groups excluding carboxylic acids is 2. The van der Waals surface area contributed by atoms with E-state index in [2.05, 4.69) is 18.9 Å². The van der Waals surface area contributed by atoms with Crippen LogP contribution in [0.4, 0.5) is 0 Å². The third-order valence-corrected chi connectivity index (χ3v) is 5.72. The molecule has 0 bridgehead atoms. The molecular weight excluding hydrogens is 398 g/mol. The zero-order valence-electron chi connectivity index (χ0n) is 18.7. The highest BCUT2D eigenvalue weighted by atomic mass is 16.2. The molecular formula is C27H27N3O2. The maximum Gasteiger partial charge on any atom is 0.181 e. The Labute approximate surface area is 188 Å². The molecule has 0 radical (unpaired) electrons. The molecule has 0 unspecified atom stereocenters. The molecule has 5 heteroatoms. The lowest BCUT2D eigenvalue weighted by Gasteiger charge is -2.27. The molecule has 0 spiro atoms. The summed E-state index contributed by atoms with van der Waals surface area (Å²) < 4.78 is 1.96. The maximum atomic E-state index is 13.8. The first-order chi connectivity index (χ1) is 15.5. The Morgan fingerprint density at radius 2 is 1.38 bits per heavy atom. The molecule has 0 saturated heterocycles. The van der Waals surface area contributed by atoms with E-state index in [1.165, 1.54) is 0 Å². The second-order valence-corrected chi connectivity index (χ2v) is 7.81. The minimum Gasteiger partial charge on any atom is -0.312 e. The smallest absolute Gasteiger partial charge is 0.181 e. The van der Waals surface area contributed by atoms with Crippen LogP contribution in [0.5, 0.6) is 0 Å². The fraction of sp³-hybridized carbons (Fsp3) is 0.222. The number of benzene rings is 3. The van der Waals surface area contributed by atoms with Gasteiger partial charge in [-0.3, -0.25) is 9.59 Å². The van der Waals surface area contributed by atoms with E-state index in [0.717, 1.165) is 16.6 Å². The van der Waals surface area contributed by atoms with Crippen LogP contribution in [-0.4, -0.2) is 34.3 Å². The summed E-state index contributed by atoms with van der Waals surface area (Å²) in [6, 6.07) is 24.0. The summed E-state index contributed by atoms with van der Waals surface area (Å²) in [4.78, 5) is 32.4. The predicted octanol–water partition coefficient (Wildman–Crippen LogP) is 5.17. The van der Waals surface area contributed by atoms with E-state index < -0.39 is 5.92 Å². The van der Waals surface area contributed by atoms with Gasteiger partial charge in [-0.05, 0) is 38.5 Å². The Hall–Kier alpha value is -3.73. The van der Waals surface area contributed by atoms with Crippen molar-refractivity contribution < 1.29 is 9.59 Å². The van der Waals surface area contributed by atoms with Crippen molar-refractivity contribution in [1.82, 2.24) is 9.66 Å². The highest BCUT2D eigenvalue weighted by Gasteiger charge is 2.35. The van der Waals surface area contributed by atoms with Crippen LogP contribution in [0.25, 0.3) is 11.0 Å². The van der Waals surface area contributed by atoms with E-state index in [4.69, 9.17) is 4.98 Å². The van der Waals surface area contributed by atoms with Crippen LogP contribution in [-0.2, 0) is 0 Å². The number of aryl methyl sites for hydroxylation is 1. The van der Waals surface area contributed by atoms with Gasteiger partial charge in [-0.1, -0.05) is 66.7 Å². The number of Topliss-reactive ketones (excluding diaryl/α,β-unsaturated/α-hetero) is 2. The lowest BCUT2D eigenvalue weighted by atomic mass is 9.89. The number of imidazole rings is 1. The standard InChI is InChI=1S/C27H27N3O2/c1-4-29(5-2)30-23-17-16-19(3)18-22(23)28-27(30)24(25(31)20-12-8-6-9-13-20)26(32)21-14-10-7-11-15-21/h6-18,24H,4-5H2,1-3H3. The Kier molecular flexibility index (Phi) is 6.17. The van der Waals surface area contributed by atoms with Gasteiger partial charge in [0.05, 0.1) is 11.0 Å². The SMILES string of the molecule is CCN(CC)n1c(C(C(=O)c2ccccc2)C(=O)c2ccccc2)nc2cc(C)ccc21. The van der Waals surface area contributed by atoms with Gasteiger partial charge in [0.15, 0.2) is 11.6 Å². The molecule has 0 aliphatic rings. The van der Waals surface area contributed by atoms with Gasteiger partial charge in [-0.25, -0.2) is 9.66 Å². The predicted molar refractivity (Wildman–Crippen MR) is 128 cm³/mol. The normalized spacial score (nSPS) is 11.1. The quantitative estimate of drug-likeness (QED) is 0.289. The third-order valence-electron chi connectivity index (χ3n) is 5.72. The van der Waals surface area contributed by atoms with Crippen molar-refractivity contribution in [2.75, 3.05) is 18.1 Å². The molecule has 0 aliphatic carbocycles. The second-order valence-electron chi connectivity index (χ2n) is 7.81. The average molecular weight is 426 g/mol. The van der Waals surface area contributed by atoms with Crippen LogP contribution < -0.4 is 5.01 Å². The van der Waals surface area contributed by atoms with Gasteiger partial charge < -0.3 is 5.01 Å². The summed E-state index contributed by atoms with van der Waals surface area (Å²) in [5.41, 5.74) is 3.74. The zero-order chi connectivity index (χ0) is 22.7. The van der Waals surface area contributed by atoms with Crippen molar-refractivity contribution in [3.8, 4) is 0 Å². The minimum atomic E-state index is -1.05. The maximum absolute atomic E-state index is 13.8. The summed E-state index contributed by atoms with van der Waals surface area (Å²) in [5.74, 6) is -1.09. The Morgan fingerprint density at radius 3 is 1.88 bits per heavy atom. The Balaban J connectivity index is 1.97. The van der Waals surface area contributed by atoms with Gasteiger partial charge >= 0.3 is 0 Å². The number of hydrogen-bond acceptors (Lipinski definition) is 4. The first-order valence-corrected chi connectivity index (χ1v) is 11.0. The number of fused-ring (bicyclic) bond motifs is 1. The van der Waals surface area contributed by atoms with Crippen LogP contribution in [0, 0.1) is 6.92 Å². The molecule has 0 N–H and O–H groups in total. The first-order valence-electron chi connectivity index (χ1n) is 11.0. The second kappa shape index (κ2) is 9.18. The molecule has 0 aliphatic heterocycles. The largest absolute Gasteiger partial charge is 0.312 e. The molecule has 1 heterocycles. The number of aromatic nitrogens is 2. The van der Waals surface area contributed by atoms with Crippen LogP contribution in [0.15, 0.2) is 78.9 Å². The molecule has 5 nitrogen and oxygen atoms in total. The molecule has 162 valence electrons. The molecule has 0 atom stereocenters. The summed E-state index contributed by atoms with van der Waals surface area (Å²) >= 11 is 0. The van der Waals surface area contributed by atoms with Crippen LogP contribution in [0.3, 0.4) is 0 Å². The van der Waals surface area contributed by atoms with Crippen molar-refractivity contribution in [3.63, 3.8) is 0 Å². The van der Waals surface area contributed by atoms with Gasteiger partial charge in [0.2, 0.25) is 0 Å². The van der Waals surface area contributed by atoms with Gasteiger partial charge in [0, 0.05) is 24.2 Å². The molecule has 4 rings (SSSR count). The lowest BCUT2D eigenvalue weighted by molar-refractivity contribution is 0.0853. The Bertz CT molecular complexity index is 1190. The number of hydrogen-bond donors (Lipinski definition) is 0. The summed E-state index contributed by atoms with van der Waals surface area (Å²) in [6.45, 7) is 7.56. The van der Waals surface area contributed by atoms with Crippen molar-refractivity contribution >= 4 is 22.6 Å². The molecule has 0 fully saturated rings. The number of nitrogens with zero attached hydrogens (tertiary/aromatic N) is 3. The van der Waals surface area contributed by atoms with Crippen LogP contribution in [0.1, 0.15) is 51.9 Å². The minimum absolute atomic E-state index is 0.250. The molecule has 3 aromatic carbocycles. The first kappa shape index (κ1) is 21.5. The van der Waals surface area contributed by atoms with Crippen molar-refractivity contribution in [2.24, 2.45) is 0 Å². The van der Waals surface area contributed by atoms with Crippen molar-refractivity contribution in [3.05, 3.63) is 101 Å². The topological polar surface area (TPSA) is 55.2 Å². The fourth-order valence-electron chi connectivity index (χ4n) is 4.08. The molecule has 32 heavy (non-hydrogen) atoms. The number of ketones is 2. The van der Waals surface area contributed by atoms with E-state index >= 15 is 0 Å². The van der Waals surface area contributed by atoms with Gasteiger partial charge in [-0.2, -0.15) is 0 Å². The average Bonchev–Trinajstić information content (AvgIpc) is 3.19. The van der Waals surface area contributed by atoms with Gasteiger partial charge in [0.25, 0.3) is 0 Å². The monoisotopic (exact) mass is 425 g/mol. The lowest BCUT2D eigenvalue weighted by Crippen LogP contribution is -2.38. The third kappa shape index (κ3) is 3.94. The zero-order valence-corrected chi connectivity index (χ0v) is 18.7. The molecule has 0 saturated carbocycles. The summed E-state index contributed by atoms with van der Waals surface area (Å²) in [5, 5.41) is 2.10. The fourth-order valence-corrected chi connectivity index (χ4v) is 4.08. The van der Waals surface area contributed by atoms with Crippen LogP contribution >= 0.6 is 0 Å². The highest BCUT2D eigenvalue weighted by Crippen LogP contribution is 2.29. The van der Waals surface area contributed by atoms with E-state index in [1.54, 1.807) is 24.3 Å². The highest BCUT2D eigenvalue weighted by molar-refractivity contribution is 6.19. The molecule has 1 aromatic heterocycles. The van der Waals surface area contributed by atoms with E-state index in [9.17, 15) is 9.59 Å². The molecule has 4 aromatic rings. The summed E-state index contributed by atoms with van der Waals surface area (Å²) in [7, 11) is 0. The van der Waals surface area contributed by atoms with Crippen LogP contribution in [0.2, 0.25) is 0 Å². The van der Waals surface area contributed by atoms with Gasteiger partial charge in [0.1, 0.15) is 11.7 Å².